The topological polar surface area (TPSA) is 65.5 Å². The monoisotopic (exact) mass is 285 g/mol. The molecule has 108 valence electrons. The van der Waals surface area contributed by atoms with E-state index in [1.165, 1.54) is 11.5 Å². The molecule has 1 aromatic heterocycles. The molecule has 1 rings (SSSR count). The van der Waals surface area contributed by atoms with E-state index in [4.69, 9.17) is 0 Å². The quantitative estimate of drug-likeness (QED) is 0.806. The fourth-order valence-corrected chi connectivity index (χ4v) is 2.96. The molecule has 1 aromatic rings. The fraction of sp³-hybridized carbons (Fsp3) is 0.692. The maximum Gasteiger partial charge on any atom is 0.340 e. The third-order valence-corrected chi connectivity index (χ3v) is 3.62. The van der Waals surface area contributed by atoms with E-state index in [1.54, 1.807) is 6.92 Å². The molecule has 5 nitrogen and oxygen atoms in total. The highest BCUT2D eigenvalue weighted by atomic mass is 32.1. The van der Waals surface area contributed by atoms with Crippen LogP contribution in [-0.4, -0.2) is 47.0 Å². The Morgan fingerprint density at radius 1 is 1.47 bits per heavy atom. The molecule has 19 heavy (non-hydrogen) atoms. The molecular formula is C13H23N3O2S. The lowest BCUT2D eigenvalue weighted by atomic mass is 10.0. The van der Waals surface area contributed by atoms with Gasteiger partial charge in [-0.05, 0) is 44.9 Å². The average molecular weight is 285 g/mol. The number of carboxylic acid groups (broad SMARTS) is 1. The number of nitrogens with one attached hydrogen (secondary N) is 1. The number of carbonyl (C=O) groups is 1. The van der Waals surface area contributed by atoms with Gasteiger partial charge in [-0.25, -0.2) is 4.79 Å². The lowest BCUT2D eigenvalue weighted by Crippen LogP contribution is -2.33. The van der Waals surface area contributed by atoms with Gasteiger partial charge in [0.05, 0.1) is 5.69 Å². The SMILES string of the molecule is Cc1nsc(NC(CC(C)C)CN(C)C)c1C(=O)O. The highest BCUT2D eigenvalue weighted by Gasteiger charge is 2.21. The van der Waals surface area contributed by atoms with Crippen LogP contribution >= 0.6 is 11.5 Å². The summed E-state index contributed by atoms with van der Waals surface area (Å²) in [6.07, 6.45) is 0.994. The van der Waals surface area contributed by atoms with Gasteiger partial charge in [-0.1, -0.05) is 13.8 Å². The van der Waals surface area contributed by atoms with Crippen LogP contribution < -0.4 is 5.32 Å². The first-order chi connectivity index (χ1) is 8.81. The van der Waals surface area contributed by atoms with Crippen molar-refractivity contribution in [1.82, 2.24) is 9.27 Å². The van der Waals surface area contributed by atoms with E-state index in [9.17, 15) is 9.90 Å². The van der Waals surface area contributed by atoms with Crippen molar-refractivity contribution in [2.24, 2.45) is 5.92 Å². The van der Waals surface area contributed by atoms with Crippen LogP contribution in [-0.2, 0) is 0 Å². The minimum Gasteiger partial charge on any atom is -0.478 e. The second kappa shape index (κ2) is 6.86. The Bertz CT molecular complexity index is 420. The molecule has 0 amide bonds. The number of hydrogen-bond acceptors (Lipinski definition) is 5. The van der Waals surface area contributed by atoms with Crippen LogP contribution in [0.25, 0.3) is 0 Å². The molecule has 0 radical (unpaired) electrons. The Morgan fingerprint density at radius 2 is 2.11 bits per heavy atom. The van der Waals surface area contributed by atoms with Gasteiger partial charge in [-0.15, -0.1) is 0 Å². The number of carboxylic acids is 1. The lowest BCUT2D eigenvalue weighted by Gasteiger charge is -2.24. The number of aromatic carboxylic acids is 1. The number of anilines is 1. The standard InChI is InChI=1S/C13H23N3O2S/c1-8(2)6-10(7-16(4)5)14-12-11(13(17)18)9(3)15-19-12/h8,10,14H,6-7H2,1-5H3,(H,17,18). The van der Waals surface area contributed by atoms with Crippen LogP contribution in [0.2, 0.25) is 0 Å². The smallest absolute Gasteiger partial charge is 0.340 e. The Balaban J connectivity index is 2.86. The van der Waals surface area contributed by atoms with Gasteiger partial charge in [0, 0.05) is 12.6 Å². The number of aryl methyl sites for hydroxylation is 1. The Kier molecular flexibility index (Phi) is 5.75. The summed E-state index contributed by atoms with van der Waals surface area (Å²) >= 11 is 1.23. The van der Waals surface area contributed by atoms with Crippen LogP contribution in [0.5, 0.6) is 0 Å². The number of likely N-dealkylation sites (N-methyl/N-ethyl adjacent to an activating group) is 1. The van der Waals surface area contributed by atoms with E-state index in [0.29, 0.717) is 22.2 Å². The summed E-state index contributed by atoms with van der Waals surface area (Å²) in [4.78, 5) is 13.4. The van der Waals surface area contributed by atoms with Crippen molar-refractivity contribution in [1.29, 1.82) is 0 Å². The predicted molar refractivity (Wildman–Crippen MR) is 79.2 cm³/mol. The highest BCUT2D eigenvalue weighted by Crippen LogP contribution is 2.26. The van der Waals surface area contributed by atoms with Crippen LogP contribution in [0.15, 0.2) is 0 Å². The Labute approximate surface area is 118 Å². The third-order valence-electron chi connectivity index (χ3n) is 2.75. The number of hydrogen-bond donors (Lipinski definition) is 2. The van der Waals surface area contributed by atoms with Crippen molar-refractivity contribution in [3.05, 3.63) is 11.3 Å². The molecule has 0 aliphatic carbocycles. The molecule has 0 saturated carbocycles. The molecule has 0 bridgehead atoms. The van der Waals surface area contributed by atoms with Crippen molar-refractivity contribution < 1.29 is 9.90 Å². The second-order valence-corrected chi connectivity index (χ2v) is 6.28. The number of aromatic nitrogens is 1. The highest BCUT2D eigenvalue weighted by molar-refractivity contribution is 7.10. The first-order valence-corrected chi connectivity index (χ1v) is 7.19. The zero-order valence-electron chi connectivity index (χ0n) is 12.2. The normalized spacial score (nSPS) is 13.0. The van der Waals surface area contributed by atoms with Gasteiger partial charge in [0.25, 0.3) is 0 Å². The first kappa shape index (κ1) is 15.9. The third kappa shape index (κ3) is 4.80. The van der Waals surface area contributed by atoms with Gasteiger partial charge >= 0.3 is 5.97 Å². The maximum atomic E-state index is 11.2. The van der Waals surface area contributed by atoms with Crippen LogP contribution in [0.3, 0.4) is 0 Å². The van der Waals surface area contributed by atoms with Crippen molar-refractivity contribution >= 4 is 22.5 Å². The van der Waals surface area contributed by atoms with E-state index < -0.39 is 5.97 Å². The predicted octanol–water partition coefficient (Wildman–Crippen LogP) is 2.54. The number of rotatable bonds is 7. The summed E-state index contributed by atoms with van der Waals surface area (Å²) in [6, 6.07) is 0.230. The summed E-state index contributed by atoms with van der Waals surface area (Å²) in [5.74, 6) is -0.360. The molecule has 0 spiro atoms. The van der Waals surface area contributed by atoms with Gasteiger partial charge in [0.2, 0.25) is 0 Å². The lowest BCUT2D eigenvalue weighted by molar-refractivity contribution is 0.0697. The summed E-state index contributed by atoms with van der Waals surface area (Å²) in [7, 11) is 4.04. The summed E-state index contributed by atoms with van der Waals surface area (Å²) in [6.45, 7) is 6.93. The van der Waals surface area contributed by atoms with E-state index in [2.05, 4.69) is 28.4 Å². The largest absolute Gasteiger partial charge is 0.478 e. The molecule has 0 aliphatic rings. The minimum atomic E-state index is -0.915. The van der Waals surface area contributed by atoms with Crippen molar-refractivity contribution in [2.75, 3.05) is 26.0 Å². The second-order valence-electron chi connectivity index (χ2n) is 5.51. The summed E-state index contributed by atoms with van der Waals surface area (Å²) < 4.78 is 4.13. The molecule has 0 aliphatic heterocycles. The van der Waals surface area contributed by atoms with Crippen molar-refractivity contribution in [3.63, 3.8) is 0 Å². The molecule has 0 saturated heterocycles. The maximum absolute atomic E-state index is 11.2. The van der Waals surface area contributed by atoms with Gasteiger partial charge in [-0.2, -0.15) is 4.37 Å². The van der Waals surface area contributed by atoms with Crippen molar-refractivity contribution in [2.45, 2.75) is 33.2 Å². The van der Waals surface area contributed by atoms with Crippen molar-refractivity contribution in [3.8, 4) is 0 Å². The molecule has 6 heteroatoms. The molecule has 2 N–H and O–H groups in total. The molecule has 1 heterocycles. The average Bonchev–Trinajstić information content (AvgIpc) is 2.57. The van der Waals surface area contributed by atoms with Gasteiger partial charge in [0.15, 0.2) is 0 Å². The summed E-state index contributed by atoms with van der Waals surface area (Å²) in [5.41, 5.74) is 0.880. The van der Waals surface area contributed by atoms with Crippen LogP contribution in [0.1, 0.15) is 36.3 Å². The molecule has 1 atom stereocenters. The zero-order chi connectivity index (χ0) is 14.6. The van der Waals surface area contributed by atoms with Crippen LogP contribution in [0.4, 0.5) is 5.00 Å². The number of nitrogens with zero attached hydrogens (tertiary/aromatic N) is 2. The van der Waals surface area contributed by atoms with E-state index in [1.807, 2.05) is 14.1 Å². The Morgan fingerprint density at radius 3 is 2.58 bits per heavy atom. The Hall–Kier alpha value is -1.14. The van der Waals surface area contributed by atoms with E-state index in [0.717, 1.165) is 13.0 Å². The fourth-order valence-electron chi connectivity index (χ4n) is 2.09. The van der Waals surface area contributed by atoms with Crippen LogP contribution in [0, 0.1) is 12.8 Å². The first-order valence-electron chi connectivity index (χ1n) is 6.42. The van der Waals surface area contributed by atoms with Gasteiger partial charge < -0.3 is 15.3 Å². The molecule has 0 aromatic carbocycles. The molecular weight excluding hydrogens is 262 g/mol. The van der Waals surface area contributed by atoms with E-state index in [-0.39, 0.29) is 6.04 Å². The van der Waals surface area contributed by atoms with E-state index >= 15 is 0 Å². The van der Waals surface area contributed by atoms with Gasteiger partial charge in [0.1, 0.15) is 10.6 Å². The summed E-state index contributed by atoms with van der Waals surface area (Å²) in [5, 5.41) is 13.2. The molecule has 0 fully saturated rings. The zero-order valence-corrected chi connectivity index (χ0v) is 13.0. The molecule has 1 unspecified atom stereocenters. The minimum absolute atomic E-state index is 0.230. The van der Waals surface area contributed by atoms with Gasteiger partial charge in [-0.3, -0.25) is 0 Å².